The second kappa shape index (κ2) is 4.90. The highest BCUT2D eigenvalue weighted by Crippen LogP contribution is 2.60. The third kappa shape index (κ3) is 2.02. The summed E-state index contributed by atoms with van der Waals surface area (Å²) in [6.07, 6.45) is 2.47. The second-order valence-corrected chi connectivity index (χ2v) is 5.35. The largest absolute Gasteiger partial charge is 0.493 e. The van der Waals surface area contributed by atoms with Crippen molar-refractivity contribution in [3.05, 3.63) is 29.8 Å². The summed E-state index contributed by atoms with van der Waals surface area (Å²) in [6, 6.07) is 8.53. The SMILES string of the molecule is COCCNCC1CC12CCOc1ccccc12. The third-order valence-electron chi connectivity index (χ3n) is 4.33. The summed E-state index contributed by atoms with van der Waals surface area (Å²) in [5.74, 6) is 1.86. The standard InChI is InChI=1S/C15H21NO2/c1-17-9-7-16-11-12-10-15(12)6-8-18-14-5-3-2-4-13(14)15/h2-5,12,16H,6-11H2,1H3. The number of hydrogen-bond donors (Lipinski definition) is 1. The lowest BCUT2D eigenvalue weighted by Gasteiger charge is -2.27. The number of para-hydroxylation sites is 1. The molecule has 1 N–H and O–H groups in total. The van der Waals surface area contributed by atoms with Crippen molar-refractivity contribution in [2.45, 2.75) is 18.3 Å². The second-order valence-electron chi connectivity index (χ2n) is 5.35. The van der Waals surface area contributed by atoms with E-state index in [1.165, 1.54) is 18.4 Å². The maximum atomic E-state index is 5.75. The smallest absolute Gasteiger partial charge is 0.123 e. The number of rotatable bonds is 5. The van der Waals surface area contributed by atoms with Crippen LogP contribution in [0.3, 0.4) is 0 Å². The van der Waals surface area contributed by atoms with Gasteiger partial charge in [0.2, 0.25) is 0 Å². The molecule has 1 saturated carbocycles. The molecule has 1 aromatic rings. The fourth-order valence-electron chi connectivity index (χ4n) is 3.22. The highest BCUT2D eigenvalue weighted by Gasteiger charge is 2.56. The molecule has 2 unspecified atom stereocenters. The summed E-state index contributed by atoms with van der Waals surface area (Å²) in [7, 11) is 1.75. The van der Waals surface area contributed by atoms with Crippen molar-refractivity contribution in [1.29, 1.82) is 0 Å². The summed E-state index contributed by atoms with van der Waals surface area (Å²) in [6.45, 7) is 3.70. The van der Waals surface area contributed by atoms with Crippen molar-refractivity contribution in [1.82, 2.24) is 5.32 Å². The molecule has 0 amide bonds. The first kappa shape index (κ1) is 12.0. The average Bonchev–Trinajstić information content (AvgIpc) is 3.09. The summed E-state index contributed by atoms with van der Waals surface area (Å²) >= 11 is 0. The number of methoxy groups -OCH3 is 1. The molecule has 0 radical (unpaired) electrons. The molecule has 0 aromatic heterocycles. The summed E-state index contributed by atoms with van der Waals surface area (Å²) in [4.78, 5) is 0. The fourth-order valence-corrected chi connectivity index (χ4v) is 3.22. The first-order valence-electron chi connectivity index (χ1n) is 6.79. The Labute approximate surface area is 108 Å². The Bertz CT molecular complexity index is 421. The molecule has 1 fully saturated rings. The molecule has 3 heteroatoms. The van der Waals surface area contributed by atoms with Crippen LogP contribution in [0.4, 0.5) is 0 Å². The van der Waals surface area contributed by atoms with Gasteiger partial charge in [0.1, 0.15) is 5.75 Å². The molecule has 1 heterocycles. The van der Waals surface area contributed by atoms with Crippen LogP contribution in [0.5, 0.6) is 5.75 Å². The van der Waals surface area contributed by atoms with Crippen LogP contribution in [0.1, 0.15) is 18.4 Å². The number of nitrogens with one attached hydrogen (secondary N) is 1. The number of fused-ring (bicyclic) bond motifs is 2. The van der Waals surface area contributed by atoms with Crippen LogP contribution < -0.4 is 10.1 Å². The van der Waals surface area contributed by atoms with Gasteiger partial charge in [0.25, 0.3) is 0 Å². The van der Waals surface area contributed by atoms with Gasteiger partial charge in [-0.15, -0.1) is 0 Å². The molecule has 1 aromatic carbocycles. The highest BCUT2D eigenvalue weighted by molar-refractivity contribution is 5.46. The zero-order valence-corrected chi connectivity index (χ0v) is 10.9. The minimum Gasteiger partial charge on any atom is -0.493 e. The molecule has 0 saturated heterocycles. The molecule has 1 spiro atoms. The van der Waals surface area contributed by atoms with E-state index in [1.54, 1.807) is 7.11 Å². The van der Waals surface area contributed by atoms with Crippen LogP contribution in [0.25, 0.3) is 0 Å². The first-order valence-corrected chi connectivity index (χ1v) is 6.79. The van der Waals surface area contributed by atoms with Crippen molar-refractivity contribution in [3.63, 3.8) is 0 Å². The van der Waals surface area contributed by atoms with Crippen molar-refractivity contribution < 1.29 is 9.47 Å². The zero-order chi connectivity index (χ0) is 12.4. The molecule has 3 nitrogen and oxygen atoms in total. The number of ether oxygens (including phenoxy) is 2. The summed E-state index contributed by atoms with van der Waals surface area (Å²) < 4.78 is 10.8. The Morgan fingerprint density at radius 3 is 3.22 bits per heavy atom. The molecule has 1 aliphatic carbocycles. The topological polar surface area (TPSA) is 30.5 Å². The van der Waals surface area contributed by atoms with Crippen LogP contribution in [0.15, 0.2) is 24.3 Å². The lowest BCUT2D eigenvalue weighted by atomic mass is 9.87. The van der Waals surface area contributed by atoms with E-state index in [-0.39, 0.29) is 0 Å². The van der Waals surface area contributed by atoms with E-state index in [2.05, 4.69) is 29.6 Å². The lowest BCUT2D eigenvalue weighted by molar-refractivity contribution is 0.198. The molecule has 1 aliphatic heterocycles. The van der Waals surface area contributed by atoms with Crippen molar-refractivity contribution in [3.8, 4) is 5.75 Å². The van der Waals surface area contributed by atoms with Crippen molar-refractivity contribution >= 4 is 0 Å². The third-order valence-corrected chi connectivity index (χ3v) is 4.33. The summed E-state index contributed by atoms with van der Waals surface area (Å²) in [5, 5.41) is 3.48. The lowest BCUT2D eigenvalue weighted by Crippen LogP contribution is -2.27. The van der Waals surface area contributed by atoms with Gasteiger partial charge in [-0.2, -0.15) is 0 Å². The van der Waals surface area contributed by atoms with Crippen LogP contribution in [-0.2, 0) is 10.2 Å². The molecule has 18 heavy (non-hydrogen) atoms. The minimum absolute atomic E-state index is 0.398. The van der Waals surface area contributed by atoms with Crippen LogP contribution in [0, 0.1) is 5.92 Å². The maximum absolute atomic E-state index is 5.75. The average molecular weight is 247 g/mol. The Hall–Kier alpha value is -1.06. The fraction of sp³-hybridized carbons (Fsp3) is 0.600. The molecule has 0 bridgehead atoms. The first-order chi connectivity index (χ1) is 8.87. The molecule has 3 rings (SSSR count). The van der Waals surface area contributed by atoms with Crippen LogP contribution in [0.2, 0.25) is 0 Å². The molecule has 98 valence electrons. The van der Waals surface area contributed by atoms with Gasteiger partial charge in [-0.3, -0.25) is 0 Å². The van der Waals surface area contributed by atoms with Gasteiger partial charge in [-0.1, -0.05) is 18.2 Å². The normalized spacial score (nSPS) is 28.8. The molecule has 2 atom stereocenters. The van der Waals surface area contributed by atoms with E-state index in [0.29, 0.717) is 5.41 Å². The van der Waals surface area contributed by atoms with Gasteiger partial charge in [0, 0.05) is 24.6 Å². The van der Waals surface area contributed by atoms with E-state index >= 15 is 0 Å². The monoisotopic (exact) mass is 247 g/mol. The Balaban J connectivity index is 1.64. The maximum Gasteiger partial charge on any atom is 0.123 e. The van der Waals surface area contributed by atoms with Gasteiger partial charge >= 0.3 is 0 Å². The van der Waals surface area contributed by atoms with Gasteiger partial charge in [0.05, 0.1) is 13.2 Å². The highest BCUT2D eigenvalue weighted by atomic mass is 16.5. The molecule has 2 aliphatic rings. The predicted octanol–water partition coefficient (Wildman–Crippen LogP) is 1.96. The number of hydrogen-bond acceptors (Lipinski definition) is 3. The van der Waals surface area contributed by atoms with Crippen LogP contribution in [-0.4, -0.2) is 33.4 Å². The van der Waals surface area contributed by atoms with Crippen LogP contribution >= 0.6 is 0 Å². The Morgan fingerprint density at radius 2 is 2.33 bits per heavy atom. The van der Waals surface area contributed by atoms with Crippen molar-refractivity contribution in [2.75, 3.05) is 33.4 Å². The molecular weight excluding hydrogens is 226 g/mol. The van der Waals surface area contributed by atoms with Crippen molar-refractivity contribution in [2.24, 2.45) is 5.92 Å². The quantitative estimate of drug-likeness (QED) is 0.807. The Morgan fingerprint density at radius 1 is 1.44 bits per heavy atom. The Kier molecular flexibility index (Phi) is 3.27. The summed E-state index contributed by atoms with van der Waals surface area (Å²) in [5.41, 5.74) is 1.82. The van der Waals surface area contributed by atoms with Gasteiger partial charge in [-0.05, 0) is 31.4 Å². The van der Waals surface area contributed by atoms with E-state index < -0.39 is 0 Å². The van der Waals surface area contributed by atoms with E-state index in [4.69, 9.17) is 9.47 Å². The minimum atomic E-state index is 0.398. The predicted molar refractivity (Wildman–Crippen MR) is 71.1 cm³/mol. The van der Waals surface area contributed by atoms with E-state index in [9.17, 15) is 0 Å². The van der Waals surface area contributed by atoms with Gasteiger partial charge in [0.15, 0.2) is 0 Å². The van der Waals surface area contributed by atoms with E-state index in [1.807, 2.05) is 0 Å². The number of benzene rings is 1. The van der Waals surface area contributed by atoms with Gasteiger partial charge < -0.3 is 14.8 Å². The van der Waals surface area contributed by atoms with Gasteiger partial charge in [-0.25, -0.2) is 0 Å². The molecular formula is C15H21NO2. The zero-order valence-electron chi connectivity index (χ0n) is 10.9. The van der Waals surface area contributed by atoms with E-state index in [0.717, 1.165) is 38.0 Å².